The van der Waals surface area contributed by atoms with Crippen LogP contribution in [-0.2, 0) is 14.2 Å². The second-order valence-electron chi connectivity index (χ2n) is 5.97. The van der Waals surface area contributed by atoms with Gasteiger partial charge in [-0.25, -0.2) is 19.2 Å². The fourth-order valence-corrected chi connectivity index (χ4v) is 2.38. The van der Waals surface area contributed by atoms with E-state index in [2.05, 4.69) is 0 Å². The molecule has 0 unspecified atom stereocenters. The number of aromatic carboxylic acids is 1. The van der Waals surface area contributed by atoms with Crippen LogP contribution in [0.3, 0.4) is 0 Å². The number of ether oxygens (including phenoxy) is 3. The zero-order valence-electron chi connectivity index (χ0n) is 17.8. The smallest absolute Gasteiger partial charge is 0.339 e. The first-order valence-corrected chi connectivity index (χ1v) is 9.79. The van der Waals surface area contributed by atoms with E-state index in [0.717, 1.165) is 6.42 Å². The van der Waals surface area contributed by atoms with Crippen LogP contribution in [0.15, 0.2) is 48.5 Å². The fraction of sp³-hybridized carbons (Fsp3) is 0.304. The quantitative estimate of drug-likeness (QED) is 0.494. The molecule has 0 radical (unpaired) electrons. The summed E-state index contributed by atoms with van der Waals surface area (Å²) in [5, 5.41) is 8.77. The molecule has 2 rings (SSSR count). The lowest BCUT2D eigenvalue weighted by atomic mass is 10.1. The van der Waals surface area contributed by atoms with Gasteiger partial charge in [0, 0.05) is 0 Å². The van der Waals surface area contributed by atoms with E-state index in [1.807, 2.05) is 6.92 Å². The monoisotopic (exact) mass is 430 g/mol. The van der Waals surface area contributed by atoms with Crippen LogP contribution in [0.1, 0.15) is 68.6 Å². The van der Waals surface area contributed by atoms with Crippen LogP contribution < -0.4 is 0 Å². The van der Waals surface area contributed by atoms with Crippen molar-refractivity contribution >= 4 is 23.9 Å². The van der Waals surface area contributed by atoms with E-state index in [0.29, 0.717) is 6.61 Å². The Morgan fingerprint density at radius 1 is 0.645 bits per heavy atom. The first-order valence-electron chi connectivity index (χ1n) is 9.79. The molecule has 31 heavy (non-hydrogen) atoms. The lowest BCUT2D eigenvalue weighted by Gasteiger charge is -2.08. The Morgan fingerprint density at radius 3 is 1.35 bits per heavy atom. The topological polar surface area (TPSA) is 116 Å². The van der Waals surface area contributed by atoms with Gasteiger partial charge in [0.05, 0.1) is 42.1 Å². The number of carboxylic acids is 1. The largest absolute Gasteiger partial charge is 0.478 e. The number of carbonyl (C=O) groups excluding carboxylic acids is 3. The molecule has 0 aliphatic heterocycles. The minimum Gasteiger partial charge on any atom is -0.478 e. The highest BCUT2D eigenvalue weighted by molar-refractivity contribution is 6.03. The van der Waals surface area contributed by atoms with Crippen LogP contribution >= 0.6 is 0 Å². The number of hydrogen-bond donors (Lipinski definition) is 1. The summed E-state index contributed by atoms with van der Waals surface area (Å²) in [4.78, 5) is 45.3. The molecule has 0 aromatic heterocycles. The van der Waals surface area contributed by atoms with Gasteiger partial charge in [0.1, 0.15) is 0 Å². The maximum atomic E-state index is 11.7. The van der Waals surface area contributed by atoms with Crippen molar-refractivity contribution < 1.29 is 38.5 Å². The number of benzene rings is 2. The van der Waals surface area contributed by atoms with Crippen molar-refractivity contribution in [3.05, 3.63) is 70.8 Å². The average molecular weight is 430 g/mol. The summed E-state index contributed by atoms with van der Waals surface area (Å²) in [5.74, 6) is -2.73. The zero-order chi connectivity index (χ0) is 23.2. The molecule has 166 valence electrons. The van der Waals surface area contributed by atoms with Gasteiger partial charge in [-0.05, 0) is 44.5 Å². The molecule has 0 amide bonds. The predicted molar refractivity (Wildman–Crippen MR) is 112 cm³/mol. The Bertz CT molecular complexity index is 904. The van der Waals surface area contributed by atoms with Crippen LogP contribution in [0.4, 0.5) is 0 Å². The van der Waals surface area contributed by atoms with Gasteiger partial charge in [0.15, 0.2) is 0 Å². The molecule has 0 bridgehead atoms. The van der Waals surface area contributed by atoms with Crippen molar-refractivity contribution in [1.82, 2.24) is 0 Å². The molecular weight excluding hydrogens is 404 g/mol. The third kappa shape index (κ3) is 7.93. The number of esters is 3. The zero-order valence-corrected chi connectivity index (χ0v) is 17.8. The van der Waals surface area contributed by atoms with E-state index in [-0.39, 0.29) is 35.5 Å². The Hall–Kier alpha value is -3.68. The number of hydrogen-bond acceptors (Lipinski definition) is 7. The van der Waals surface area contributed by atoms with E-state index in [4.69, 9.17) is 19.3 Å². The maximum absolute atomic E-state index is 11.7. The van der Waals surface area contributed by atoms with Crippen molar-refractivity contribution in [2.45, 2.75) is 27.2 Å². The van der Waals surface area contributed by atoms with E-state index in [9.17, 15) is 19.2 Å². The van der Waals surface area contributed by atoms with E-state index in [1.165, 1.54) is 12.1 Å². The molecule has 1 N–H and O–H groups in total. The molecule has 0 aliphatic rings. The van der Waals surface area contributed by atoms with Crippen LogP contribution in [0.5, 0.6) is 0 Å². The highest BCUT2D eigenvalue weighted by Crippen LogP contribution is 2.12. The Labute approximate surface area is 180 Å². The summed E-state index contributed by atoms with van der Waals surface area (Å²) < 4.78 is 14.6. The van der Waals surface area contributed by atoms with E-state index >= 15 is 0 Å². The number of rotatable bonds is 8. The summed E-state index contributed by atoms with van der Waals surface area (Å²) >= 11 is 0. The minimum atomic E-state index is -1.13. The van der Waals surface area contributed by atoms with Crippen LogP contribution in [0, 0.1) is 0 Å². The summed E-state index contributed by atoms with van der Waals surface area (Å²) in [5.41, 5.74) is 0.544. The highest BCUT2D eigenvalue weighted by atomic mass is 16.5. The molecular formula is C23H26O8. The third-order valence-corrected chi connectivity index (χ3v) is 3.73. The average Bonchev–Trinajstić information content (AvgIpc) is 2.78. The predicted octanol–water partition coefficient (Wildman–Crippen LogP) is 3.99. The molecule has 8 heteroatoms. The first-order chi connectivity index (χ1) is 14.9. The van der Waals surface area contributed by atoms with Crippen LogP contribution in [0.2, 0.25) is 0 Å². The number of carbonyl (C=O) groups is 4. The summed E-state index contributed by atoms with van der Waals surface area (Å²) in [6, 6.07) is 12.4. The lowest BCUT2D eigenvalue weighted by Crippen LogP contribution is -2.14. The second kappa shape index (κ2) is 13.5. The minimum absolute atomic E-state index is 0.0362. The normalized spacial score (nSPS) is 9.65. The molecule has 0 spiro atoms. The lowest BCUT2D eigenvalue weighted by molar-refractivity contribution is 0.0467. The molecule has 0 fully saturated rings. The molecule has 0 heterocycles. The highest BCUT2D eigenvalue weighted by Gasteiger charge is 2.18. The van der Waals surface area contributed by atoms with Gasteiger partial charge < -0.3 is 19.3 Å². The van der Waals surface area contributed by atoms with Gasteiger partial charge in [-0.1, -0.05) is 31.2 Å². The van der Waals surface area contributed by atoms with Gasteiger partial charge >= 0.3 is 23.9 Å². The van der Waals surface area contributed by atoms with Gasteiger partial charge in [0.2, 0.25) is 0 Å². The van der Waals surface area contributed by atoms with Gasteiger partial charge in [-0.15, -0.1) is 0 Å². The summed E-state index contributed by atoms with van der Waals surface area (Å²) in [6.07, 6.45) is 0.743. The standard InChI is InChI=1S/C13H16O4.C10H10O4/c1-3-9-17-13(15)11-8-6-5-7-10(11)12(14)16-4-2;1-2-14-10(13)8-6-4-3-5-7(8)9(11)12/h5-8H,3-4,9H2,1-2H3;3-6H,2H2,1H3,(H,11,12). The molecule has 0 aliphatic carbocycles. The Morgan fingerprint density at radius 2 is 1.00 bits per heavy atom. The maximum Gasteiger partial charge on any atom is 0.339 e. The second-order valence-corrected chi connectivity index (χ2v) is 5.97. The summed E-state index contributed by atoms with van der Waals surface area (Å²) in [6.45, 7) is 6.14. The van der Waals surface area contributed by atoms with Crippen molar-refractivity contribution in [3.8, 4) is 0 Å². The molecule has 2 aromatic rings. The Kier molecular flexibility index (Phi) is 11.1. The van der Waals surface area contributed by atoms with Crippen molar-refractivity contribution in [2.75, 3.05) is 19.8 Å². The van der Waals surface area contributed by atoms with Crippen molar-refractivity contribution in [2.24, 2.45) is 0 Å². The third-order valence-electron chi connectivity index (χ3n) is 3.73. The van der Waals surface area contributed by atoms with Gasteiger partial charge in [-0.2, -0.15) is 0 Å². The van der Waals surface area contributed by atoms with Gasteiger partial charge in [-0.3, -0.25) is 0 Å². The fourth-order valence-electron chi connectivity index (χ4n) is 2.38. The Balaban J connectivity index is 0.000000316. The van der Waals surface area contributed by atoms with Crippen molar-refractivity contribution in [3.63, 3.8) is 0 Å². The molecule has 2 aromatic carbocycles. The SMILES string of the molecule is CCCOC(=O)c1ccccc1C(=O)OCC.CCOC(=O)c1ccccc1C(=O)O. The molecule has 0 atom stereocenters. The molecule has 0 saturated carbocycles. The summed E-state index contributed by atoms with van der Waals surface area (Å²) in [7, 11) is 0. The molecule has 8 nitrogen and oxygen atoms in total. The van der Waals surface area contributed by atoms with E-state index in [1.54, 1.807) is 50.2 Å². The first kappa shape index (κ1) is 25.4. The molecule has 0 saturated heterocycles. The van der Waals surface area contributed by atoms with Crippen LogP contribution in [-0.4, -0.2) is 48.8 Å². The van der Waals surface area contributed by atoms with Gasteiger partial charge in [0.25, 0.3) is 0 Å². The van der Waals surface area contributed by atoms with E-state index < -0.39 is 23.9 Å². The van der Waals surface area contributed by atoms with Crippen molar-refractivity contribution in [1.29, 1.82) is 0 Å². The van der Waals surface area contributed by atoms with Crippen LogP contribution in [0.25, 0.3) is 0 Å². The number of carboxylic acid groups (broad SMARTS) is 1.